The lowest BCUT2D eigenvalue weighted by Gasteiger charge is -2.17. The number of anilines is 1. The molecule has 0 heterocycles. The highest BCUT2D eigenvalue weighted by atomic mass is 32.2. The first-order valence-corrected chi connectivity index (χ1v) is 11.3. The molecule has 0 spiro atoms. The van der Waals surface area contributed by atoms with Gasteiger partial charge in [0, 0.05) is 18.7 Å². The number of hydrogen-bond donors (Lipinski definition) is 3. The van der Waals surface area contributed by atoms with Gasteiger partial charge >= 0.3 is 6.18 Å². The van der Waals surface area contributed by atoms with Crippen molar-refractivity contribution in [3.63, 3.8) is 0 Å². The maximum Gasteiger partial charge on any atom is 0.417 e. The third kappa shape index (κ3) is 7.06. The molecule has 7 nitrogen and oxygen atoms in total. The molecule has 0 aliphatic rings. The minimum absolute atomic E-state index is 0.0293. The molecule has 0 radical (unpaired) electrons. The number of rotatable bonds is 9. The van der Waals surface area contributed by atoms with E-state index in [4.69, 9.17) is 0 Å². The molecule has 0 fully saturated rings. The van der Waals surface area contributed by atoms with E-state index >= 15 is 0 Å². The van der Waals surface area contributed by atoms with Crippen molar-refractivity contribution in [1.29, 1.82) is 0 Å². The lowest BCUT2D eigenvalue weighted by molar-refractivity contribution is -0.139. The number of carbonyl (C=O) groups is 2. The molecular formula is C21H24F3N3O4S. The second kappa shape index (κ2) is 10.6. The van der Waals surface area contributed by atoms with Crippen LogP contribution in [0.3, 0.4) is 0 Å². The Morgan fingerprint density at radius 1 is 1.06 bits per heavy atom. The second-order valence-corrected chi connectivity index (χ2v) is 8.74. The van der Waals surface area contributed by atoms with Gasteiger partial charge in [-0.05, 0) is 43.2 Å². The van der Waals surface area contributed by atoms with Gasteiger partial charge < -0.3 is 10.6 Å². The second-order valence-electron chi connectivity index (χ2n) is 7.05. The van der Waals surface area contributed by atoms with Gasteiger partial charge in [-0.3, -0.25) is 9.59 Å². The van der Waals surface area contributed by atoms with Crippen LogP contribution in [0.4, 0.5) is 18.9 Å². The smallest absolute Gasteiger partial charge is 0.351 e. The van der Waals surface area contributed by atoms with E-state index in [0.717, 1.165) is 12.1 Å². The van der Waals surface area contributed by atoms with Crippen LogP contribution in [0.15, 0.2) is 53.4 Å². The average Bonchev–Trinajstić information content (AvgIpc) is 2.71. The number of carbonyl (C=O) groups excluding carboxylic acids is 2. The van der Waals surface area contributed by atoms with E-state index < -0.39 is 38.6 Å². The Morgan fingerprint density at radius 3 is 2.41 bits per heavy atom. The third-order valence-corrected chi connectivity index (χ3v) is 5.96. The molecule has 0 aliphatic carbocycles. The largest absolute Gasteiger partial charge is 0.417 e. The quantitative estimate of drug-likeness (QED) is 0.521. The van der Waals surface area contributed by atoms with Gasteiger partial charge in [-0.15, -0.1) is 0 Å². The van der Waals surface area contributed by atoms with Crippen molar-refractivity contribution in [2.45, 2.75) is 50.3 Å². The first-order valence-electron chi connectivity index (χ1n) is 9.79. The summed E-state index contributed by atoms with van der Waals surface area (Å²) < 4.78 is 66.3. The predicted molar refractivity (Wildman–Crippen MR) is 113 cm³/mol. The van der Waals surface area contributed by atoms with Crippen LogP contribution in [0.25, 0.3) is 0 Å². The summed E-state index contributed by atoms with van der Waals surface area (Å²) in [5.41, 5.74) is -0.125. The number of halogens is 3. The van der Waals surface area contributed by atoms with E-state index in [9.17, 15) is 31.2 Å². The van der Waals surface area contributed by atoms with Crippen LogP contribution in [0.1, 0.15) is 37.8 Å². The van der Waals surface area contributed by atoms with E-state index in [1.807, 2.05) is 11.6 Å². The molecule has 2 aromatic carbocycles. The van der Waals surface area contributed by atoms with E-state index in [1.54, 1.807) is 24.3 Å². The van der Waals surface area contributed by atoms with Gasteiger partial charge in [0.2, 0.25) is 21.8 Å². The van der Waals surface area contributed by atoms with Crippen molar-refractivity contribution >= 4 is 27.5 Å². The highest BCUT2D eigenvalue weighted by Crippen LogP contribution is 2.33. The SMILES string of the molecule is CCCC(=O)Nc1cccc(CNC(=O)[C@H](C)NS(=O)(=O)c2ccccc2C(F)(F)F)c1. The van der Waals surface area contributed by atoms with E-state index in [2.05, 4.69) is 10.6 Å². The van der Waals surface area contributed by atoms with Gasteiger partial charge in [-0.2, -0.15) is 17.9 Å². The standard InChI is InChI=1S/C21H24F3N3O4S/c1-3-7-19(28)26-16-9-6-8-15(12-16)13-25-20(29)14(2)27-32(30,31)18-11-5-4-10-17(18)21(22,23)24/h4-6,8-12,14,27H,3,7,13H2,1-2H3,(H,25,29)(H,26,28)/t14-/m0/s1. The van der Waals surface area contributed by atoms with Gasteiger partial charge in [0.25, 0.3) is 0 Å². The van der Waals surface area contributed by atoms with Crippen molar-refractivity contribution in [1.82, 2.24) is 10.0 Å². The van der Waals surface area contributed by atoms with Crippen molar-refractivity contribution in [3.8, 4) is 0 Å². The Labute approximate surface area is 184 Å². The summed E-state index contributed by atoms with van der Waals surface area (Å²) >= 11 is 0. The molecule has 32 heavy (non-hydrogen) atoms. The third-order valence-electron chi connectivity index (χ3n) is 4.36. The average molecular weight is 472 g/mol. The van der Waals surface area contributed by atoms with Crippen LogP contribution >= 0.6 is 0 Å². The highest BCUT2D eigenvalue weighted by molar-refractivity contribution is 7.89. The Balaban J connectivity index is 2.03. The highest BCUT2D eigenvalue weighted by Gasteiger charge is 2.37. The summed E-state index contributed by atoms with van der Waals surface area (Å²) in [6, 6.07) is 9.13. The van der Waals surface area contributed by atoms with Gasteiger partial charge in [-0.25, -0.2) is 8.42 Å². The molecule has 0 aliphatic heterocycles. The summed E-state index contributed by atoms with van der Waals surface area (Å²) in [5.74, 6) is -0.866. The van der Waals surface area contributed by atoms with Crippen LogP contribution in [-0.4, -0.2) is 26.3 Å². The molecule has 3 N–H and O–H groups in total. The minimum Gasteiger partial charge on any atom is -0.351 e. The number of alkyl halides is 3. The monoisotopic (exact) mass is 471 g/mol. The summed E-state index contributed by atoms with van der Waals surface area (Å²) in [5, 5.41) is 5.25. The predicted octanol–water partition coefficient (Wildman–Crippen LogP) is 3.43. The maximum absolute atomic E-state index is 13.1. The number of benzene rings is 2. The first kappa shape index (κ1) is 25.3. The van der Waals surface area contributed by atoms with Crippen molar-refractivity contribution in [3.05, 3.63) is 59.7 Å². The number of amides is 2. The Bertz CT molecular complexity index is 1070. The van der Waals surface area contributed by atoms with Gasteiger partial charge in [0.1, 0.15) is 0 Å². The Morgan fingerprint density at radius 2 is 1.75 bits per heavy atom. The fourth-order valence-electron chi connectivity index (χ4n) is 2.84. The number of hydrogen-bond acceptors (Lipinski definition) is 4. The van der Waals surface area contributed by atoms with Gasteiger partial charge in [-0.1, -0.05) is 31.2 Å². The molecule has 174 valence electrons. The van der Waals surface area contributed by atoms with Gasteiger partial charge in [0.05, 0.1) is 16.5 Å². The van der Waals surface area contributed by atoms with Crippen molar-refractivity contribution in [2.24, 2.45) is 0 Å². The molecule has 11 heteroatoms. The normalized spacial score (nSPS) is 12.8. The molecule has 1 atom stereocenters. The topological polar surface area (TPSA) is 104 Å². The lowest BCUT2D eigenvalue weighted by atomic mass is 10.2. The summed E-state index contributed by atoms with van der Waals surface area (Å²) in [6.07, 6.45) is -3.80. The first-order chi connectivity index (χ1) is 14.9. The fraction of sp³-hybridized carbons (Fsp3) is 0.333. The fourth-order valence-corrected chi connectivity index (χ4v) is 4.27. The maximum atomic E-state index is 13.1. The summed E-state index contributed by atoms with van der Waals surface area (Å²) in [7, 11) is -4.61. The van der Waals surface area contributed by atoms with Crippen LogP contribution in [0.5, 0.6) is 0 Å². The van der Waals surface area contributed by atoms with Crippen molar-refractivity contribution < 1.29 is 31.2 Å². The zero-order valence-electron chi connectivity index (χ0n) is 17.5. The molecule has 0 aromatic heterocycles. The van der Waals surface area contributed by atoms with Crippen LogP contribution in [0, 0.1) is 0 Å². The van der Waals surface area contributed by atoms with Gasteiger partial charge in [0.15, 0.2) is 0 Å². The van der Waals surface area contributed by atoms with Crippen LogP contribution in [-0.2, 0) is 32.3 Å². The lowest BCUT2D eigenvalue weighted by Crippen LogP contribution is -2.44. The Kier molecular flexibility index (Phi) is 8.39. The molecule has 0 saturated heterocycles. The van der Waals surface area contributed by atoms with Crippen molar-refractivity contribution in [2.75, 3.05) is 5.32 Å². The zero-order chi connectivity index (χ0) is 23.9. The molecule has 2 aromatic rings. The summed E-state index contributed by atoms with van der Waals surface area (Å²) in [6.45, 7) is 3.13. The van der Waals surface area contributed by atoms with Crippen LogP contribution in [0.2, 0.25) is 0 Å². The van der Waals surface area contributed by atoms with Crippen LogP contribution < -0.4 is 15.4 Å². The Hall–Kier alpha value is -2.92. The number of sulfonamides is 1. The molecule has 0 unspecified atom stereocenters. The van der Waals surface area contributed by atoms with E-state index in [-0.39, 0.29) is 12.5 Å². The molecule has 2 amide bonds. The molecule has 2 rings (SSSR count). The zero-order valence-corrected chi connectivity index (χ0v) is 18.3. The van der Waals surface area contributed by atoms with E-state index in [1.165, 1.54) is 13.0 Å². The molecule has 0 bridgehead atoms. The minimum atomic E-state index is -4.87. The van der Waals surface area contributed by atoms with E-state index in [0.29, 0.717) is 30.2 Å². The molecular weight excluding hydrogens is 447 g/mol. The molecule has 0 saturated carbocycles. The summed E-state index contributed by atoms with van der Waals surface area (Å²) in [4.78, 5) is 23.1. The number of nitrogens with one attached hydrogen (secondary N) is 3.